The molecule has 1 amide bonds. The third kappa shape index (κ3) is 8.28. The first kappa shape index (κ1) is 30.0. The lowest BCUT2D eigenvalue weighted by Gasteiger charge is -2.37. The van der Waals surface area contributed by atoms with E-state index in [4.69, 9.17) is 4.74 Å². The average molecular weight is 523 g/mol. The molecule has 10 heteroatoms. The lowest BCUT2D eigenvalue weighted by atomic mass is 9.97. The first-order chi connectivity index (χ1) is 14.7. The van der Waals surface area contributed by atoms with Gasteiger partial charge in [-0.2, -0.15) is 0 Å². The number of para-hydroxylation sites is 1. The van der Waals surface area contributed by atoms with Crippen LogP contribution in [0.5, 0.6) is 0 Å². The minimum absolute atomic E-state index is 0. The fourth-order valence-electron chi connectivity index (χ4n) is 4.60. The highest BCUT2D eigenvalue weighted by molar-refractivity contribution is 5.89. The monoisotopic (exact) mass is 521 g/mol. The maximum atomic E-state index is 12.9. The van der Waals surface area contributed by atoms with Crippen LogP contribution >= 0.6 is 37.2 Å². The Hall–Kier alpha value is -1.06. The van der Waals surface area contributed by atoms with Crippen molar-refractivity contribution in [2.45, 2.75) is 12.8 Å². The van der Waals surface area contributed by atoms with Gasteiger partial charge in [-0.15, -0.1) is 37.2 Å². The molecule has 1 N–H and O–H groups in total. The number of piperidine rings is 1. The van der Waals surface area contributed by atoms with Gasteiger partial charge >= 0.3 is 0 Å². The molecular weight excluding hydrogens is 485 g/mol. The van der Waals surface area contributed by atoms with Crippen LogP contribution in [0.1, 0.15) is 12.8 Å². The SMILES string of the molecule is COCCN1CCN(CCN2CCCC(C(=O)Nn3ccc4ccccc43)C2)CC1.Cl.Cl.Cl. The number of rotatable bonds is 8. The van der Waals surface area contributed by atoms with Crippen molar-refractivity contribution in [2.75, 3.05) is 78.0 Å². The fourth-order valence-corrected chi connectivity index (χ4v) is 4.60. The van der Waals surface area contributed by atoms with Gasteiger partial charge in [-0.3, -0.25) is 24.7 Å². The van der Waals surface area contributed by atoms with Gasteiger partial charge < -0.3 is 9.64 Å². The molecule has 2 saturated heterocycles. The minimum Gasteiger partial charge on any atom is -0.383 e. The van der Waals surface area contributed by atoms with Crippen molar-refractivity contribution in [1.29, 1.82) is 0 Å². The maximum Gasteiger partial charge on any atom is 0.243 e. The highest BCUT2D eigenvalue weighted by Crippen LogP contribution is 2.19. The lowest BCUT2D eigenvalue weighted by molar-refractivity contribution is -0.122. The summed E-state index contributed by atoms with van der Waals surface area (Å²) in [6, 6.07) is 10.2. The number of piperazine rings is 1. The highest BCUT2D eigenvalue weighted by atomic mass is 35.5. The van der Waals surface area contributed by atoms with Gasteiger partial charge in [0.15, 0.2) is 0 Å². The van der Waals surface area contributed by atoms with Crippen molar-refractivity contribution >= 4 is 54.0 Å². The number of carbonyl (C=O) groups is 1. The Morgan fingerprint density at radius 1 is 0.939 bits per heavy atom. The number of aromatic nitrogens is 1. The van der Waals surface area contributed by atoms with E-state index in [1.54, 1.807) is 7.11 Å². The third-order valence-corrected chi connectivity index (χ3v) is 6.52. The number of ether oxygens (including phenoxy) is 1. The van der Waals surface area contributed by atoms with Crippen LogP contribution in [-0.4, -0.2) is 97.9 Å². The number of amides is 1. The predicted molar refractivity (Wildman–Crippen MR) is 142 cm³/mol. The molecule has 1 aromatic carbocycles. The van der Waals surface area contributed by atoms with E-state index < -0.39 is 0 Å². The molecule has 4 rings (SSSR count). The Kier molecular flexibility index (Phi) is 13.7. The number of halogens is 3. The molecule has 0 bridgehead atoms. The molecule has 33 heavy (non-hydrogen) atoms. The van der Waals surface area contributed by atoms with Gasteiger partial charge in [0.1, 0.15) is 0 Å². The van der Waals surface area contributed by atoms with Crippen LogP contribution in [0, 0.1) is 5.92 Å². The van der Waals surface area contributed by atoms with Crippen molar-refractivity contribution in [3.8, 4) is 0 Å². The van der Waals surface area contributed by atoms with Gasteiger partial charge in [0.05, 0.1) is 18.0 Å². The summed E-state index contributed by atoms with van der Waals surface area (Å²) in [6.45, 7) is 10.5. The smallest absolute Gasteiger partial charge is 0.243 e. The summed E-state index contributed by atoms with van der Waals surface area (Å²) in [5.41, 5.74) is 4.15. The van der Waals surface area contributed by atoms with Gasteiger partial charge in [-0.25, -0.2) is 0 Å². The number of benzene rings is 1. The van der Waals surface area contributed by atoms with E-state index in [9.17, 15) is 4.79 Å². The molecule has 0 aliphatic carbocycles. The van der Waals surface area contributed by atoms with Crippen molar-refractivity contribution in [3.63, 3.8) is 0 Å². The molecule has 0 spiro atoms. The zero-order chi connectivity index (χ0) is 20.8. The first-order valence-electron chi connectivity index (χ1n) is 11.3. The van der Waals surface area contributed by atoms with Crippen molar-refractivity contribution in [2.24, 2.45) is 5.92 Å². The largest absolute Gasteiger partial charge is 0.383 e. The van der Waals surface area contributed by atoms with Crippen LogP contribution in [0.25, 0.3) is 10.9 Å². The van der Waals surface area contributed by atoms with Crippen molar-refractivity contribution in [3.05, 3.63) is 36.5 Å². The third-order valence-electron chi connectivity index (χ3n) is 6.52. The average Bonchev–Trinajstić information content (AvgIpc) is 3.20. The van der Waals surface area contributed by atoms with Crippen LogP contribution in [0.4, 0.5) is 0 Å². The molecule has 7 nitrogen and oxygen atoms in total. The number of hydrogen-bond acceptors (Lipinski definition) is 5. The number of hydrogen-bond donors (Lipinski definition) is 1. The molecule has 0 saturated carbocycles. The molecule has 2 aliphatic heterocycles. The number of nitrogens with one attached hydrogen (secondary N) is 1. The fraction of sp³-hybridized carbons (Fsp3) is 0.609. The predicted octanol–water partition coefficient (Wildman–Crippen LogP) is 2.95. The van der Waals surface area contributed by atoms with E-state index in [1.807, 2.05) is 35.1 Å². The summed E-state index contributed by atoms with van der Waals surface area (Å²) in [7, 11) is 1.77. The molecule has 1 aromatic heterocycles. The molecule has 1 unspecified atom stereocenters. The summed E-state index contributed by atoms with van der Waals surface area (Å²) >= 11 is 0. The van der Waals surface area contributed by atoms with Crippen LogP contribution in [0.3, 0.4) is 0 Å². The number of likely N-dealkylation sites (tertiary alicyclic amines) is 1. The molecule has 2 aromatic rings. The number of fused-ring (bicyclic) bond motifs is 1. The van der Waals surface area contributed by atoms with Gasteiger partial charge in [-0.05, 0) is 31.5 Å². The maximum absolute atomic E-state index is 12.9. The van der Waals surface area contributed by atoms with E-state index in [0.29, 0.717) is 0 Å². The van der Waals surface area contributed by atoms with Gasteiger partial charge in [0.2, 0.25) is 5.91 Å². The molecule has 188 valence electrons. The number of methoxy groups -OCH3 is 1. The Morgan fingerprint density at radius 3 is 2.33 bits per heavy atom. The molecular formula is C23H38Cl3N5O2. The zero-order valence-corrected chi connectivity index (χ0v) is 21.8. The second-order valence-electron chi connectivity index (χ2n) is 8.54. The topological polar surface area (TPSA) is 53.0 Å². The number of carbonyl (C=O) groups excluding carboxylic acids is 1. The quantitative estimate of drug-likeness (QED) is 0.578. The summed E-state index contributed by atoms with van der Waals surface area (Å²) in [5.74, 6) is 0.193. The molecule has 3 heterocycles. The van der Waals surface area contributed by atoms with Crippen LogP contribution in [-0.2, 0) is 9.53 Å². The summed E-state index contributed by atoms with van der Waals surface area (Å²) in [6.07, 6.45) is 4.00. The highest BCUT2D eigenvalue weighted by Gasteiger charge is 2.26. The first-order valence-corrected chi connectivity index (χ1v) is 11.3. The van der Waals surface area contributed by atoms with Gasteiger partial charge in [0, 0.05) is 71.1 Å². The summed E-state index contributed by atoms with van der Waals surface area (Å²) in [4.78, 5) is 20.4. The van der Waals surface area contributed by atoms with Gasteiger partial charge in [0.25, 0.3) is 0 Å². The second-order valence-corrected chi connectivity index (χ2v) is 8.54. The Morgan fingerprint density at radius 2 is 1.61 bits per heavy atom. The van der Waals surface area contributed by atoms with E-state index in [0.717, 1.165) is 89.3 Å². The molecule has 1 atom stereocenters. The van der Waals surface area contributed by atoms with Crippen LogP contribution in [0.2, 0.25) is 0 Å². The van der Waals surface area contributed by atoms with E-state index in [-0.39, 0.29) is 49.0 Å². The van der Waals surface area contributed by atoms with Crippen molar-refractivity contribution < 1.29 is 9.53 Å². The van der Waals surface area contributed by atoms with Crippen LogP contribution in [0.15, 0.2) is 36.5 Å². The second kappa shape index (κ2) is 15.0. The van der Waals surface area contributed by atoms with E-state index in [2.05, 4.69) is 26.2 Å². The van der Waals surface area contributed by atoms with E-state index >= 15 is 0 Å². The Balaban J connectivity index is 0.00000181. The molecule has 2 aliphatic rings. The normalized spacial score (nSPS) is 19.8. The molecule has 2 fully saturated rings. The minimum atomic E-state index is 0. The lowest BCUT2D eigenvalue weighted by Crippen LogP contribution is -2.50. The van der Waals surface area contributed by atoms with Gasteiger partial charge in [-0.1, -0.05) is 18.2 Å². The zero-order valence-electron chi connectivity index (χ0n) is 19.4. The standard InChI is InChI=1S/C23H35N5O2.3ClH/c1-30-18-17-26-13-11-25(12-14-26)15-16-27-9-4-6-21(19-27)23(29)24-28-10-8-20-5-2-3-7-22(20)28;;;/h2-3,5,7-8,10,21H,4,6,9,11-19H2,1H3,(H,24,29);3*1H. The van der Waals surface area contributed by atoms with Crippen LogP contribution < -0.4 is 5.43 Å². The molecule has 0 radical (unpaired) electrons. The summed E-state index contributed by atoms with van der Waals surface area (Å²) in [5, 5.41) is 1.14. The Bertz CT molecular complexity index is 829. The summed E-state index contributed by atoms with van der Waals surface area (Å²) < 4.78 is 7.05. The van der Waals surface area contributed by atoms with Crippen molar-refractivity contribution in [1.82, 2.24) is 19.4 Å². The Labute approximate surface area is 216 Å². The number of nitrogens with zero attached hydrogens (tertiary/aromatic N) is 4. The van der Waals surface area contributed by atoms with E-state index in [1.165, 1.54) is 0 Å².